The van der Waals surface area contributed by atoms with Crippen molar-refractivity contribution in [1.29, 1.82) is 0 Å². The Morgan fingerprint density at radius 3 is 2.47 bits per heavy atom. The van der Waals surface area contributed by atoms with Gasteiger partial charge >= 0.3 is 5.97 Å². The second-order valence-corrected chi connectivity index (χ2v) is 3.87. The SMILES string of the molecule is C=CC(=O)OC(CC)CCCCCCC. The molecule has 15 heavy (non-hydrogen) atoms. The topological polar surface area (TPSA) is 26.3 Å². The van der Waals surface area contributed by atoms with Gasteiger partial charge in [0.2, 0.25) is 0 Å². The molecule has 1 atom stereocenters. The second-order valence-electron chi connectivity index (χ2n) is 3.87. The van der Waals surface area contributed by atoms with Crippen LogP contribution < -0.4 is 0 Å². The number of unbranched alkanes of at least 4 members (excludes halogenated alkanes) is 4. The van der Waals surface area contributed by atoms with Gasteiger partial charge in [0.25, 0.3) is 0 Å². The Morgan fingerprint density at radius 1 is 1.27 bits per heavy atom. The number of carbonyl (C=O) groups is 1. The van der Waals surface area contributed by atoms with Gasteiger partial charge < -0.3 is 4.74 Å². The summed E-state index contributed by atoms with van der Waals surface area (Å²) in [6, 6.07) is 0. The highest BCUT2D eigenvalue weighted by Gasteiger charge is 2.09. The quantitative estimate of drug-likeness (QED) is 0.329. The summed E-state index contributed by atoms with van der Waals surface area (Å²) in [5.74, 6) is -0.296. The van der Waals surface area contributed by atoms with Crippen molar-refractivity contribution in [3.63, 3.8) is 0 Å². The van der Waals surface area contributed by atoms with Crippen LogP contribution in [-0.2, 0) is 9.53 Å². The van der Waals surface area contributed by atoms with E-state index in [1.165, 1.54) is 31.8 Å². The van der Waals surface area contributed by atoms with Gasteiger partial charge in [-0.2, -0.15) is 0 Å². The van der Waals surface area contributed by atoms with Crippen molar-refractivity contribution in [2.75, 3.05) is 0 Å². The van der Waals surface area contributed by atoms with Crippen molar-refractivity contribution in [1.82, 2.24) is 0 Å². The third-order valence-corrected chi connectivity index (χ3v) is 2.53. The number of hydrogen-bond acceptors (Lipinski definition) is 2. The minimum Gasteiger partial charge on any atom is -0.459 e. The minimum atomic E-state index is -0.296. The highest BCUT2D eigenvalue weighted by molar-refractivity contribution is 5.81. The summed E-state index contributed by atoms with van der Waals surface area (Å²) in [6.45, 7) is 7.65. The van der Waals surface area contributed by atoms with Gasteiger partial charge in [0, 0.05) is 6.08 Å². The Bertz CT molecular complexity index is 175. The van der Waals surface area contributed by atoms with E-state index in [0.29, 0.717) is 0 Å². The van der Waals surface area contributed by atoms with Crippen LogP contribution in [0.5, 0.6) is 0 Å². The van der Waals surface area contributed by atoms with Crippen LogP contribution in [-0.4, -0.2) is 12.1 Å². The summed E-state index contributed by atoms with van der Waals surface area (Å²) in [5.41, 5.74) is 0. The number of ether oxygens (including phenoxy) is 1. The Kier molecular flexibility index (Phi) is 9.24. The van der Waals surface area contributed by atoms with E-state index in [2.05, 4.69) is 13.5 Å². The van der Waals surface area contributed by atoms with Crippen LogP contribution in [0, 0.1) is 0 Å². The lowest BCUT2D eigenvalue weighted by Gasteiger charge is -2.14. The molecule has 2 nitrogen and oxygen atoms in total. The number of esters is 1. The Hall–Kier alpha value is -0.790. The van der Waals surface area contributed by atoms with Crippen LogP contribution in [0.25, 0.3) is 0 Å². The van der Waals surface area contributed by atoms with Crippen molar-refractivity contribution in [3.05, 3.63) is 12.7 Å². The average molecular weight is 212 g/mol. The Morgan fingerprint density at radius 2 is 1.93 bits per heavy atom. The standard InChI is InChI=1S/C13H24O2/c1-4-7-8-9-10-11-12(5-2)15-13(14)6-3/h6,12H,3-5,7-11H2,1-2H3. The number of hydrogen-bond donors (Lipinski definition) is 0. The molecule has 0 aromatic heterocycles. The van der Waals surface area contributed by atoms with E-state index in [4.69, 9.17) is 4.74 Å². The fourth-order valence-corrected chi connectivity index (χ4v) is 1.53. The monoisotopic (exact) mass is 212 g/mol. The molecule has 0 aliphatic heterocycles. The first-order chi connectivity index (χ1) is 7.24. The maximum absolute atomic E-state index is 11.0. The molecule has 0 saturated carbocycles. The first kappa shape index (κ1) is 14.2. The largest absolute Gasteiger partial charge is 0.459 e. The first-order valence-corrected chi connectivity index (χ1v) is 6.07. The van der Waals surface area contributed by atoms with Crippen LogP contribution in [0.4, 0.5) is 0 Å². The lowest BCUT2D eigenvalue weighted by atomic mass is 10.1. The van der Waals surface area contributed by atoms with Crippen LogP contribution in [0.1, 0.15) is 58.8 Å². The first-order valence-electron chi connectivity index (χ1n) is 6.07. The van der Waals surface area contributed by atoms with Crippen molar-refractivity contribution < 1.29 is 9.53 Å². The van der Waals surface area contributed by atoms with E-state index in [1.807, 2.05) is 6.92 Å². The molecule has 88 valence electrons. The third kappa shape index (κ3) is 8.22. The minimum absolute atomic E-state index is 0.0807. The third-order valence-electron chi connectivity index (χ3n) is 2.53. The molecule has 0 rings (SSSR count). The van der Waals surface area contributed by atoms with E-state index in [1.54, 1.807) is 0 Å². The molecule has 2 heteroatoms. The molecule has 0 aromatic rings. The lowest BCUT2D eigenvalue weighted by Crippen LogP contribution is -2.15. The fourth-order valence-electron chi connectivity index (χ4n) is 1.53. The summed E-state index contributed by atoms with van der Waals surface area (Å²) >= 11 is 0. The van der Waals surface area contributed by atoms with Gasteiger partial charge in [0.05, 0.1) is 0 Å². The molecule has 0 radical (unpaired) electrons. The van der Waals surface area contributed by atoms with E-state index < -0.39 is 0 Å². The van der Waals surface area contributed by atoms with Gasteiger partial charge in [-0.15, -0.1) is 0 Å². The predicted octanol–water partition coefficient (Wildman–Crippen LogP) is 3.85. The molecule has 0 aromatic carbocycles. The zero-order valence-corrected chi connectivity index (χ0v) is 10.1. The zero-order chi connectivity index (χ0) is 11.5. The van der Waals surface area contributed by atoms with Crippen molar-refractivity contribution >= 4 is 5.97 Å². The molecule has 0 aliphatic carbocycles. The molecule has 0 heterocycles. The van der Waals surface area contributed by atoms with Crippen LogP contribution >= 0.6 is 0 Å². The van der Waals surface area contributed by atoms with Gasteiger partial charge in [0.1, 0.15) is 6.10 Å². The molecule has 0 bridgehead atoms. The summed E-state index contributed by atoms with van der Waals surface area (Å²) in [6.07, 6.45) is 9.47. The van der Waals surface area contributed by atoms with E-state index in [0.717, 1.165) is 19.3 Å². The zero-order valence-electron chi connectivity index (χ0n) is 10.1. The number of carbonyl (C=O) groups excluding carboxylic acids is 1. The highest BCUT2D eigenvalue weighted by Crippen LogP contribution is 2.12. The fraction of sp³-hybridized carbons (Fsp3) is 0.769. The molecule has 0 spiro atoms. The predicted molar refractivity (Wildman–Crippen MR) is 63.7 cm³/mol. The smallest absolute Gasteiger partial charge is 0.330 e. The Balaban J connectivity index is 3.52. The van der Waals surface area contributed by atoms with E-state index in [9.17, 15) is 4.79 Å². The molecular weight excluding hydrogens is 188 g/mol. The molecule has 0 N–H and O–H groups in total. The van der Waals surface area contributed by atoms with Crippen molar-refractivity contribution in [2.45, 2.75) is 64.9 Å². The van der Waals surface area contributed by atoms with E-state index >= 15 is 0 Å². The van der Waals surface area contributed by atoms with Gasteiger partial charge in [-0.1, -0.05) is 46.1 Å². The second kappa shape index (κ2) is 9.75. The van der Waals surface area contributed by atoms with Crippen molar-refractivity contribution in [3.8, 4) is 0 Å². The van der Waals surface area contributed by atoms with Crippen molar-refractivity contribution in [2.24, 2.45) is 0 Å². The van der Waals surface area contributed by atoms with Gasteiger partial charge in [-0.25, -0.2) is 4.79 Å². The molecule has 0 saturated heterocycles. The molecule has 0 fully saturated rings. The normalized spacial score (nSPS) is 12.1. The molecule has 0 aliphatic rings. The lowest BCUT2D eigenvalue weighted by molar-refractivity contribution is -0.143. The van der Waals surface area contributed by atoms with Gasteiger partial charge in [0.15, 0.2) is 0 Å². The van der Waals surface area contributed by atoms with Gasteiger partial charge in [-0.3, -0.25) is 0 Å². The van der Waals surface area contributed by atoms with Crippen LogP contribution in [0.2, 0.25) is 0 Å². The summed E-state index contributed by atoms with van der Waals surface area (Å²) in [7, 11) is 0. The number of rotatable bonds is 9. The van der Waals surface area contributed by atoms with Crippen LogP contribution in [0.15, 0.2) is 12.7 Å². The summed E-state index contributed by atoms with van der Waals surface area (Å²) < 4.78 is 5.20. The molecular formula is C13H24O2. The average Bonchev–Trinajstić information content (AvgIpc) is 2.26. The van der Waals surface area contributed by atoms with E-state index in [-0.39, 0.29) is 12.1 Å². The summed E-state index contributed by atoms with van der Waals surface area (Å²) in [5, 5.41) is 0. The molecule has 1 unspecified atom stereocenters. The maximum Gasteiger partial charge on any atom is 0.330 e. The summed E-state index contributed by atoms with van der Waals surface area (Å²) in [4.78, 5) is 11.0. The highest BCUT2D eigenvalue weighted by atomic mass is 16.5. The maximum atomic E-state index is 11.0. The van der Waals surface area contributed by atoms with Crippen LogP contribution in [0.3, 0.4) is 0 Å². The molecule has 0 amide bonds. The van der Waals surface area contributed by atoms with Gasteiger partial charge in [-0.05, 0) is 19.3 Å². The Labute approximate surface area is 93.7 Å².